The molecule has 5 heteroatoms. The maximum Gasteiger partial charge on any atom is 0.0501 e. The first-order valence-corrected chi connectivity index (χ1v) is 15.9. The van der Waals surface area contributed by atoms with Gasteiger partial charge in [-0.05, 0) is 111 Å². The molecule has 0 spiro atoms. The molecular formula is C39H27IN4. The van der Waals surface area contributed by atoms with E-state index in [4.69, 9.17) is 0 Å². The number of halogens is 1. The molecule has 0 aliphatic carbocycles. The Kier molecular flexibility index (Phi) is 8.02. The van der Waals surface area contributed by atoms with E-state index in [0.717, 1.165) is 76.9 Å². The third kappa shape index (κ3) is 6.05. The van der Waals surface area contributed by atoms with Crippen molar-refractivity contribution < 1.29 is 0 Å². The number of rotatable bonds is 7. The zero-order valence-corrected chi connectivity index (χ0v) is 26.0. The highest BCUT2D eigenvalue weighted by Gasteiger charge is 2.12. The van der Waals surface area contributed by atoms with Crippen LogP contribution in [0.2, 0.25) is 0 Å². The Morgan fingerprint density at radius 3 is 1.07 bits per heavy atom. The molecule has 4 nitrogen and oxygen atoms in total. The average Bonchev–Trinajstić information content (AvgIpc) is 3.12. The molecule has 4 aromatic heterocycles. The van der Waals surface area contributed by atoms with Crippen LogP contribution < -0.4 is 0 Å². The van der Waals surface area contributed by atoms with E-state index in [1.165, 1.54) is 0 Å². The molecule has 0 unspecified atom stereocenters. The second kappa shape index (κ2) is 12.7. The molecule has 0 saturated heterocycles. The lowest BCUT2D eigenvalue weighted by atomic mass is 9.91. The lowest BCUT2D eigenvalue weighted by molar-refractivity contribution is 1.19. The molecule has 7 aromatic rings. The molecule has 0 aliphatic heterocycles. The Bertz CT molecular complexity index is 1970. The molecule has 0 saturated carbocycles. The molecule has 0 N–H and O–H groups in total. The second-order valence-electron chi connectivity index (χ2n) is 10.6. The number of aromatic nitrogens is 4. The van der Waals surface area contributed by atoms with Crippen molar-refractivity contribution in [1.29, 1.82) is 0 Å². The normalized spacial score (nSPS) is 10.9. The van der Waals surface area contributed by atoms with E-state index in [0.29, 0.717) is 0 Å². The molecule has 0 atom stereocenters. The van der Waals surface area contributed by atoms with Gasteiger partial charge in [-0.15, -0.1) is 0 Å². The van der Waals surface area contributed by atoms with Gasteiger partial charge in [0.2, 0.25) is 0 Å². The van der Waals surface area contributed by atoms with E-state index in [1.54, 1.807) is 12.4 Å². The fourth-order valence-electron chi connectivity index (χ4n) is 5.41. The van der Waals surface area contributed by atoms with Crippen molar-refractivity contribution in [2.24, 2.45) is 0 Å². The minimum atomic E-state index is 0.885. The van der Waals surface area contributed by atoms with E-state index in [1.807, 2.05) is 49.2 Å². The number of hydrogen-bond donors (Lipinski definition) is 0. The van der Waals surface area contributed by atoms with Crippen LogP contribution in [-0.4, -0.2) is 19.9 Å². The third-order valence-corrected chi connectivity index (χ3v) is 8.46. The van der Waals surface area contributed by atoms with Gasteiger partial charge in [0, 0.05) is 70.1 Å². The Morgan fingerprint density at radius 2 is 0.727 bits per heavy atom. The summed E-state index contributed by atoms with van der Waals surface area (Å²) in [6.07, 6.45) is 13.1. The Morgan fingerprint density at radius 1 is 0.364 bits per heavy atom. The molecule has 7 rings (SSSR count). The lowest BCUT2D eigenvalue weighted by Gasteiger charge is -2.14. The molecule has 44 heavy (non-hydrogen) atoms. The van der Waals surface area contributed by atoms with Crippen molar-refractivity contribution in [3.63, 3.8) is 0 Å². The van der Waals surface area contributed by atoms with Crippen LogP contribution in [0.5, 0.6) is 0 Å². The van der Waals surface area contributed by atoms with Gasteiger partial charge in [-0.3, -0.25) is 19.9 Å². The molecule has 3 aromatic carbocycles. The van der Waals surface area contributed by atoms with Crippen LogP contribution in [0.25, 0.3) is 66.8 Å². The zero-order valence-electron chi connectivity index (χ0n) is 23.8. The van der Waals surface area contributed by atoms with E-state index in [2.05, 4.69) is 134 Å². The molecule has 0 fully saturated rings. The Labute approximate surface area is 270 Å². The average molecular weight is 679 g/mol. The van der Waals surface area contributed by atoms with Gasteiger partial charge in [-0.2, -0.15) is 0 Å². The Hall–Kier alpha value is -5.01. The summed E-state index contributed by atoms with van der Waals surface area (Å²) >= 11 is 2.35. The van der Waals surface area contributed by atoms with Gasteiger partial charge in [0.15, 0.2) is 0 Å². The fourth-order valence-corrected chi connectivity index (χ4v) is 5.86. The molecule has 210 valence electrons. The topological polar surface area (TPSA) is 51.6 Å². The molecule has 0 radical (unpaired) electrons. The van der Waals surface area contributed by atoms with E-state index < -0.39 is 0 Å². The number of nitrogens with zero attached hydrogens (tertiary/aromatic N) is 4. The first kappa shape index (κ1) is 27.8. The summed E-state index contributed by atoms with van der Waals surface area (Å²) in [5, 5.41) is 0. The van der Waals surface area contributed by atoms with Gasteiger partial charge >= 0.3 is 0 Å². The van der Waals surface area contributed by atoms with Gasteiger partial charge in [-0.1, -0.05) is 65.1 Å². The maximum atomic E-state index is 4.67. The van der Waals surface area contributed by atoms with Crippen LogP contribution in [-0.2, 0) is 4.43 Å². The van der Waals surface area contributed by atoms with E-state index in [-0.39, 0.29) is 0 Å². The summed E-state index contributed by atoms with van der Waals surface area (Å²) < 4.78 is 0.885. The molecular weight excluding hydrogens is 651 g/mol. The SMILES string of the molecule is ICc1ccc(-c2cc(-c3cccnc3)cc(-c3cccc(-c4cc(-c5cccnc5)cc(-c5cccnc5)c4)c3)c2)cn1. The zero-order chi connectivity index (χ0) is 29.7. The van der Waals surface area contributed by atoms with Gasteiger partial charge in [0.05, 0.1) is 5.69 Å². The van der Waals surface area contributed by atoms with Crippen LogP contribution in [0.3, 0.4) is 0 Å². The quantitative estimate of drug-likeness (QED) is 0.124. The summed E-state index contributed by atoms with van der Waals surface area (Å²) in [6, 6.07) is 38.7. The van der Waals surface area contributed by atoms with Gasteiger partial charge in [0.25, 0.3) is 0 Å². The van der Waals surface area contributed by atoms with Crippen molar-refractivity contribution in [3.05, 3.63) is 158 Å². The first-order chi connectivity index (χ1) is 21.7. The molecule has 0 amide bonds. The number of hydrogen-bond acceptors (Lipinski definition) is 4. The van der Waals surface area contributed by atoms with Crippen LogP contribution >= 0.6 is 22.6 Å². The number of pyridine rings is 4. The molecule has 0 bridgehead atoms. The van der Waals surface area contributed by atoms with Crippen molar-refractivity contribution in [2.45, 2.75) is 4.43 Å². The molecule has 0 aliphatic rings. The van der Waals surface area contributed by atoms with Gasteiger partial charge in [0.1, 0.15) is 0 Å². The van der Waals surface area contributed by atoms with Crippen molar-refractivity contribution in [1.82, 2.24) is 19.9 Å². The molecule has 4 heterocycles. The maximum absolute atomic E-state index is 4.67. The van der Waals surface area contributed by atoms with Crippen LogP contribution in [0, 0.1) is 0 Å². The first-order valence-electron chi connectivity index (χ1n) is 14.4. The van der Waals surface area contributed by atoms with E-state index in [9.17, 15) is 0 Å². The van der Waals surface area contributed by atoms with Crippen LogP contribution in [0.15, 0.2) is 153 Å². The van der Waals surface area contributed by atoms with Crippen molar-refractivity contribution in [2.75, 3.05) is 0 Å². The largest absolute Gasteiger partial charge is 0.264 e. The highest BCUT2D eigenvalue weighted by molar-refractivity contribution is 14.1. The minimum absolute atomic E-state index is 0.885. The summed E-state index contributed by atoms with van der Waals surface area (Å²) in [7, 11) is 0. The number of alkyl halides is 1. The Balaban J connectivity index is 1.36. The smallest absolute Gasteiger partial charge is 0.0501 e. The third-order valence-electron chi connectivity index (χ3n) is 7.67. The minimum Gasteiger partial charge on any atom is -0.264 e. The fraction of sp³-hybridized carbons (Fsp3) is 0.0256. The summed E-state index contributed by atoms with van der Waals surface area (Å²) in [6.45, 7) is 0. The number of benzene rings is 3. The highest BCUT2D eigenvalue weighted by Crippen LogP contribution is 2.36. The summed E-state index contributed by atoms with van der Waals surface area (Å²) in [5.74, 6) is 0. The predicted molar refractivity (Wildman–Crippen MR) is 188 cm³/mol. The van der Waals surface area contributed by atoms with Crippen LogP contribution in [0.4, 0.5) is 0 Å². The van der Waals surface area contributed by atoms with Gasteiger partial charge < -0.3 is 0 Å². The standard InChI is InChI=1S/C39H27IN4/c40-22-39-11-10-32(26-44-39)38-19-34(18-37(21-38)31-9-4-14-43-25-31)28-6-1-5-27(15-28)33-16-35(29-7-2-12-41-23-29)20-36(17-33)30-8-3-13-42-24-30/h1-21,23-26H,22H2. The monoisotopic (exact) mass is 678 g/mol. The van der Waals surface area contributed by atoms with Crippen LogP contribution in [0.1, 0.15) is 5.69 Å². The van der Waals surface area contributed by atoms with E-state index >= 15 is 0 Å². The lowest BCUT2D eigenvalue weighted by Crippen LogP contribution is -1.90. The second-order valence-corrected chi connectivity index (χ2v) is 11.3. The summed E-state index contributed by atoms with van der Waals surface area (Å²) in [4.78, 5) is 17.8. The predicted octanol–water partition coefficient (Wildman–Crippen LogP) is 10.2. The van der Waals surface area contributed by atoms with Crippen molar-refractivity contribution in [3.8, 4) is 66.8 Å². The van der Waals surface area contributed by atoms with Crippen molar-refractivity contribution >= 4 is 22.6 Å². The highest BCUT2D eigenvalue weighted by atomic mass is 127. The summed E-state index contributed by atoms with van der Waals surface area (Å²) in [5.41, 5.74) is 14.4. The van der Waals surface area contributed by atoms with Gasteiger partial charge in [-0.25, -0.2) is 0 Å².